The van der Waals surface area contributed by atoms with Crippen LogP contribution in [0.25, 0.3) is 0 Å². The van der Waals surface area contributed by atoms with Gasteiger partial charge in [-0.2, -0.15) is 0 Å². The molecule has 1 aliphatic heterocycles. The maximum absolute atomic E-state index is 11.0. The summed E-state index contributed by atoms with van der Waals surface area (Å²) in [4.78, 5) is 13.6. The molecule has 1 saturated heterocycles. The Bertz CT molecular complexity index is 286. The van der Waals surface area contributed by atoms with Crippen LogP contribution in [0, 0.1) is 11.3 Å². The molecule has 1 fully saturated rings. The van der Waals surface area contributed by atoms with E-state index in [1.807, 2.05) is 0 Å². The first kappa shape index (κ1) is 17.4. The lowest BCUT2D eigenvalue weighted by Crippen LogP contribution is -2.29. The van der Waals surface area contributed by atoms with E-state index >= 15 is 0 Å². The SMILES string of the molecule is CC(C)(C)C1CCCN(CCCCCC(=O)NN)CC1. The van der Waals surface area contributed by atoms with E-state index in [2.05, 4.69) is 31.1 Å². The molecule has 1 heterocycles. The van der Waals surface area contributed by atoms with Gasteiger partial charge in [0.2, 0.25) is 5.91 Å². The highest BCUT2D eigenvalue weighted by atomic mass is 16.2. The van der Waals surface area contributed by atoms with E-state index in [1.54, 1.807) is 0 Å². The summed E-state index contributed by atoms with van der Waals surface area (Å²) in [6, 6.07) is 0. The molecule has 1 amide bonds. The largest absolute Gasteiger partial charge is 0.303 e. The highest BCUT2D eigenvalue weighted by Gasteiger charge is 2.26. The fourth-order valence-electron chi connectivity index (χ4n) is 3.12. The second kappa shape index (κ2) is 8.63. The molecule has 0 aromatic carbocycles. The van der Waals surface area contributed by atoms with E-state index in [1.165, 1.54) is 45.3 Å². The van der Waals surface area contributed by atoms with Crippen LogP contribution in [0.4, 0.5) is 0 Å². The predicted octanol–water partition coefficient (Wildman–Crippen LogP) is 2.68. The molecule has 0 radical (unpaired) electrons. The number of rotatable bonds is 6. The van der Waals surface area contributed by atoms with Crippen LogP contribution in [-0.2, 0) is 4.79 Å². The number of hydrazine groups is 1. The minimum absolute atomic E-state index is 0.0483. The summed E-state index contributed by atoms with van der Waals surface area (Å²) in [5.41, 5.74) is 2.63. The lowest BCUT2D eigenvalue weighted by Gasteiger charge is -2.29. The first-order valence-electron chi connectivity index (χ1n) is 8.15. The molecule has 1 atom stereocenters. The minimum atomic E-state index is -0.0483. The number of carbonyl (C=O) groups is 1. The molecule has 0 aromatic heterocycles. The van der Waals surface area contributed by atoms with Crippen LogP contribution < -0.4 is 11.3 Å². The Morgan fingerprint density at radius 2 is 1.95 bits per heavy atom. The molecule has 1 unspecified atom stereocenters. The summed E-state index contributed by atoms with van der Waals surface area (Å²) in [7, 11) is 0. The molecule has 0 saturated carbocycles. The first-order chi connectivity index (χ1) is 9.43. The van der Waals surface area contributed by atoms with Crippen molar-refractivity contribution in [2.24, 2.45) is 17.2 Å². The molecule has 0 bridgehead atoms. The number of nitrogens with zero attached hydrogens (tertiary/aromatic N) is 1. The normalized spacial score (nSPS) is 21.5. The van der Waals surface area contributed by atoms with Gasteiger partial charge in [-0.1, -0.05) is 27.2 Å². The summed E-state index contributed by atoms with van der Waals surface area (Å²) < 4.78 is 0. The standard InChI is InChI=1S/C16H33N3O/c1-16(2,3)14-8-7-12-19(13-10-14)11-6-4-5-9-15(20)18-17/h14H,4-13,17H2,1-3H3,(H,18,20). The van der Waals surface area contributed by atoms with Crippen LogP contribution in [0.3, 0.4) is 0 Å². The maximum atomic E-state index is 11.0. The molecular formula is C16H33N3O. The molecule has 1 aliphatic rings. The maximum Gasteiger partial charge on any atom is 0.233 e. The Balaban J connectivity index is 2.15. The molecule has 4 heteroatoms. The summed E-state index contributed by atoms with van der Waals surface area (Å²) >= 11 is 0. The zero-order chi connectivity index (χ0) is 15.0. The number of nitrogens with two attached hydrogens (primary N) is 1. The molecule has 4 nitrogen and oxygen atoms in total. The third-order valence-electron chi connectivity index (χ3n) is 4.58. The van der Waals surface area contributed by atoms with Crippen LogP contribution in [-0.4, -0.2) is 30.4 Å². The molecule has 0 spiro atoms. The Morgan fingerprint density at radius 1 is 1.20 bits per heavy atom. The average Bonchev–Trinajstić information content (AvgIpc) is 2.63. The lowest BCUT2D eigenvalue weighted by molar-refractivity contribution is -0.121. The van der Waals surface area contributed by atoms with Crippen molar-refractivity contribution in [3.05, 3.63) is 0 Å². The lowest BCUT2D eigenvalue weighted by atomic mass is 9.77. The summed E-state index contributed by atoms with van der Waals surface area (Å²) in [6.07, 6.45) is 7.85. The number of carbonyl (C=O) groups excluding carboxylic acids is 1. The average molecular weight is 283 g/mol. The smallest absolute Gasteiger partial charge is 0.233 e. The van der Waals surface area contributed by atoms with Gasteiger partial charge in [0.1, 0.15) is 0 Å². The van der Waals surface area contributed by atoms with Crippen molar-refractivity contribution in [1.82, 2.24) is 10.3 Å². The van der Waals surface area contributed by atoms with Gasteiger partial charge in [0, 0.05) is 6.42 Å². The summed E-state index contributed by atoms with van der Waals surface area (Å²) in [5.74, 6) is 5.87. The van der Waals surface area contributed by atoms with Crippen molar-refractivity contribution in [3.8, 4) is 0 Å². The van der Waals surface area contributed by atoms with E-state index in [0.29, 0.717) is 11.8 Å². The monoisotopic (exact) mass is 283 g/mol. The van der Waals surface area contributed by atoms with Gasteiger partial charge >= 0.3 is 0 Å². The third kappa shape index (κ3) is 6.71. The molecule has 1 rings (SSSR count). The van der Waals surface area contributed by atoms with Crippen molar-refractivity contribution in [3.63, 3.8) is 0 Å². The number of hydrogen-bond acceptors (Lipinski definition) is 3. The zero-order valence-electron chi connectivity index (χ0n) is 13.6. The first-order valence-corrected chi connectivity index (χ1v) is 8.15. The zero-order valence-corrected chi connectivity index (χ0v) is 13.6. The Kier molecular flexibility index (Phi) is 7.52. The van der Waals surface area contributed by atoms with E-state index in [4.69, 9.17) is 5.84 Å². The van der Waals surface area contributed by atoms with Gasteiger partial charge in [-0.3, -0.25) is 10.2 Å². The summed E-state index contributed by atoms with van der Waals surface area (Å²) in [5, 5.41) is 0. The van der Waals surface area contributed by atoms with Crippen molar-refractivity contribution in [2.75, 3.05) is 19.6 Å². The van der Waals surface area contributed by atoms with E-state index in [0.717, 1.165) is 18.8 Å². The molecule has 118 valence electrons. The number of nitrogens with one attached hydrogen (secondary N) is 1. The van der Waals surface area contributed by atoms with Gasteiger partial charge < -0.3 is 4.90 Å². The van der Waals surface area contributed by atoms with Crippen LogP contribution in [0.15, 0.2) is 0 Å². The second-order valence-corrected chi connectivity index (χ2v) is 7.21. The topological polar surface area (TPSA) is 58.4 Å². The van der Waals surface area contributed by atoms with E-state index in [-0.39, 0.29) is 5.91 Å². The van der Waals surface area contributed by atoms with E-state index in [9.17, 15) is 4.79 Å². The van der Waals surface area contributed by atoms with Gasteiger partial charge in [-0.15, -0.1) is 0 Å². The predicted molar refractivity (Wildman–Crippen MR) is 84.0 cm³/mol. The third-order valence-corrected chi connectivity index (χ3v) is 4.58. The molecule has 0 aliphatic carbocycles. The molecular weight excluding hydrogens is 250 g/mol. The Labute approximate surface area is 124 Å². The van der Waals surface area contributed by atoms with Gasteiger partial charge in [-0.25, -0.2) is 5.84 Å². The number of likely N-dealkylation sites (tertiary alicyclic amines) is 1. The highest BCUT2D eigenvalue weighted by molar-refractivity contribution is 5.74. The fourth-order valence-corrected chi connectivity index (χ4v) is 3.12. The van der Waals surface area contributed by atoms with Crippen molar-refractivity contribution < 1.29 is 4.79 Å². The van der Waals surface area contributed by atoms with Crippen molar-refractivity contribution >= 4 is 5.91 Å². The summed E-state index contributed by atoms with van der Waals surface area (Å²) in [6.45, 7) is 10.8. The van der Waals surface area contributed by atoms with Crippen LogP contribution in [0.5, 0.6) is 0 Å². The Morgan fingerprint density at radius 3 is 2.60 bits per heavy atom. The van der Waals surface area contributed by atoms with Crippen LogP contribution in [0.2, 0.25) is 0 Å². The van der Waals surface area contributed by atoms with Crippen LogP contribution >= 0.6 is 0 Å². The van der Waals surface area contributed by atoms with E-state index < -0.39 is 0 Å². The minimum Gasteiger partial charge on any atom is -0.303 e. The van der Waals surface area contributed by atoms with Crippen LogP contribution in [0.1, 0.15) is 65.7 Å². The highest BCUT2D eigenvalue weighted by Crippen LogP contribution is 2.34. The van der Waals surface area contributed by atoms with Gasteiger partial charge in [0.05, 0.1) is 0 Å². The number of amides is 1. The van der Waals surface area contributed by atoms with Crippen molar-refractivity contribution in [2.45, 2.75) is 65.7 Å². The number of hydrogen-bond donors (Lipinski definition) is 2. The molecule has 3 N–H and O–H groups in total. The second-order valence-electron chi connectivity index (χ2n) is 7.21. The molecule has 20 heavy (non-hydrogen) atoms. The molecule has 0 aromatic rings. The Hall–Kier alpha value is -0.610. The fraction of sp³-hybridized carbons (Fsp3) is 0.938. The number of unbranched alkanes of at least 4 members (excludes halogenated alkanes) is 2. The van der Waals surface area contributed by atoms with Gasteiger partial charge in [0.15, 0.2) is 0 Å². The quantitative estimate of drug-likeness (QED) is 0.341. The van der Waals surface area contributed by atoms with Crippen molar-refractivity contribution in [1.29, 1.82) is 0 Å². The van der Waals surface area contributed by atoms with Gasteiger partial charge in [0.25, 0.3) is 0 Å². The van der Waals surface area contributed by atoms with Gasteiger partial charge in [-0.05, 0) is 63.1 Å².